The lowest BCUT2D eigenvalue weighted by atomic mass is 10.1. The van der Waals surface area contributed by atoms with Crippen molar-refractivity contribution in [3.05, 3.63) is 34.7 Å². The monoisotopic (exact) mass is 269 g/mol. The predicted molar refractivity (Wildman–Crippen MR) is 72.9 cm³/mol. The van der Waals surface area contributed by atoms with Gasteiger partial charge >= 0.3 is 0 Å². The van der Waals surface area contributed by atoms with Crippen molar-refractivity contribution < 1.29 is 8.42 Å². The van der Waals surface area contributed by atoms with Crippen LogP contribution in [0.25, 0.3) is 10.1 Å². The summed E-state index contributed by atoms with van der Waals surface area (Å²) in [5.41, 5.74) is 7.52. The lowest BCUT2D eigenvalue weighted by molar-refractivity contribution is 0.596. The molecule has 0 saturated carbocycles. The van der Waals surface area contributed by atoms with Gasteiger partial charge in [0.1, 0.15) is 0 Å². The van der Waals surface area contributed by atoms with Crippen LogP contribution in [0, 0.1) is 0 Å². The van der Waals surface area contributed by atoms with Gasteiger partial charge in [0.25, 0.3) is 0 Å². The van der Waals surface area contributed by atoms with Gasteiger partial charge in [-0.25, -0.2) is 8.42 Å². The molecule has 2 aromatic rings. The molecule has 92 valence electrons. The summed E-state index contributed by atoms with van der Waals surface area (Å²) in [4.78, 5) is 0. The van der Waals surface area contributed by atoms with Crippen LogP contribution in [0.4, 0.5) is 0 Å². The molecular weight excluding hydrogens is 254 g/mol. The summed E-state index contributed by atoms with van der Waals surface area (Å²) in [5, 5.41) is 2.95. The molecule has 5 heteroatoms. The van der Waals surface area contributed by atoms with E-state index in [-0.39, 0.29) is 11.5 Å². The van der Waals surface area contributed by atoms with Gasteiger partial charge < -0.3 is 5.73 Å². The second-order valence-electron chi connectivity index (χ2n) is 3.97. The highest BCUT2D eigenvalue weighted by atomic mass is 32.2. The second kappa shape index (κ2) is 4.76. The number of rotatable bonds is 4. The van der Waals surface area contributed by atoms with Crippen molar-refractivity contribution in [1.82, 2.24) is 0 Å². The standard InChI is InChI=1S/C12H15NO2S2/c1-2-17(14,15)8-10-7-16-12-4-3-9(6-13)5-11(10)12/h3-5,7H,2,6,8,13H2,1H3. The first-order valence-corrected chi connectivity index (χ1v) is 8.15. The van der Waals surface area contributed by atoms with E-state index in [1.807, 2.05) is 23.6 Å². The van der Waals surface area contributed by atoms with E-state index < -0.39 is 9.84 Å². The fraction of sp³-hybridized carbons (Fsp3) is 0.333. The van der Waals surface area contributed by atoms with Crippen molar-refractivity contribution in [2.45, 2.75) is 19.2 Å². The molecule has 0 saturated heterocycles. The van der Waals surface area contributed by atoms with Crippen molar-refractivity contribution in [2.24, 2.45) is 5.73 Å². The molecule has 0 amide bonds. The van der Waals surface area contributed by atoms with Crippen LogP contribution in [-0.4, -0.2) is 14.2 Å². The third-order valence-electron chi connectivity index (χ3n) is 2.77. The Balaban J connectivity index is 2.48. The summed E-state index contributed by atoms with van der Waals surface area (Å²) >= 11 is 1.58. The molecule has 0 spiro atoms. The molecule has 2 rings (SSSR count). The predicted octanol–water partition coefficient (Wildman–Crippen LogP) is 2.29. The Labute approximate surface area is 105 Å². The van der Waals surface area contributed by atoms with Gasteiger partial charge in [0.2, 0.25) is 0 Å². The van der Waals surface area contributed by atoms with Gasteiger partial charge in [-0.1, -0.05) is 13.0 Å². The van der Waals surface area contributed by atoms with Crippen molar-refractivity contribution in [2.75, 3.05) is 5.75 Å². The van der Waals surface area contributed by atoms with Crippen LogP contribution in [-0.2, 0) is 22.1 Å². The third kappa shape index (κ3) is 2.68. The largest absolute Gasteiger partial charge is 0.326 e. The molecular formula is C12H15NO2S2. The van der Waals surface area contributed by atoms with Crippen molar-refractivity contribution in [1.29, 1.82) is 0 Å². The van der Waals surface area contributed by atoms with Crippen molar-refractivity contribution in [3.8, 4) is 0 Å². The zero-order valence-corrected chi connectivity index (χ0v) is 11.3. The van der Waals surface area contributed by atoms with Crippen LogP contribution >= 0.6 is 11.3 Å². The van der Waals surface area contributed by atoms with Gasteiger partial charge in [0.05, 0.1) is 5.75 Å². The number of nitrogens with two attached hydrogens (primary N) is 1. The smallest absolute Gasteiger partial charge is 0.154 e. The molecule has 1 heterocycles. The maximum absolute atomic E-state index is 11.6. The Kier molecular flexibility index (Phi) is 3.51. The number of hydrogen-bond donors (Lipinski definition) is 1. The fourth-order valence-corrected chi connectivity index (χ4v) is 3.67. The van der Waals surface area contributed by atoms with Crippen LogP contribution in [0.15, 0.2) is 23.6 Å². The Morgan fingerprint density at radius 1 is 1.35 bits per heavy atom. The summed E-state index contributed by atoms with van der Waals surface area (Å²) in [6.45, 7) is 2.15. The molecule has 0 radical (unpaired) electrons. The lowest BCUT2D eigenvalue weighted by Gasteiger charge is -2.02. The van der Waals surface area contributed by atoms with E-state index in [1.165, 1.54) is 0 Å². The summed E-state index contributed by atoms with van der Waals surface area (Å²) in [6.07, 6.45) is 0. The summed E-state index contributed by atoms with van der Waals surface area (Å²) in [6, 6.07) is 5.98. The van der Waals surface area contributed by atoms with Crippen molar-refractivity contribution in [3.63, 3.8) is 0 Å². The summed E-state index contributed by atoms with van der Waals surface area (Å²) in [5.74, 6) is 0.304. The van der Waals surface area contributed by atoms with Gasteiger partial charge in [-0.15, -0.1) is 11.3 Å². The van der Waals surface area contributed by atoms with Crippen LogP contribution in [0.3, 0.4) is 0 Å². The first-order valence-electron chi connectivity index (χ1n) is 5.45. The topological polar surface area (TPSA) is 60.2 Å². The van der Waals surface area contributed by atoms with Gasteiger partial charge in [-0.05, 0) is 34.0 Å². The Hall–Kier alpha value is -0.910. The fourth-order valence-electron chi connectivity index (χ4n) is 1.71. The first kappa shape index (κ1) is 12.5. The SMILES string of the molecule is CCS(=O)(=O)Cc1csc2ccc(CN)cc12. The number of benzene rings is 1. The average molecular weight is 269 g/mol. The molecule has 0 aliphatic rings. The van der Waals surface area contributed by atoms with Crippen LogP contribution < -0.4 is 5.73 Å². The van der Waals surface area contributed by atoms with Gasteiger partial charge in [-0.2, -0.15) is 0 Å². The minimum absolute atomic E-state index is 0.123. The van der Waals surface area contributed by atoms with Gasteiger partial charge in [0.15, 0.2) is 9.84 Å². The number of thiophene rings is 1. The van der Waals surface area contributed by atoms with Crippen LogP contribution in [0.2, 0.25) is 0 Å². The Morgan fingerprint density at radius 2 is 2.12 bits per heavy atom. The molecule has 0 unspecified atom stereocenters. The van der Waals surface area contributed by atoms with Crippen LogP contribution in [0.1, 0.15) is 18.1 Å². The Bertz CT molecular complexity index is 629. The molecule has 0 atom stereocenters. The van der Waals surface area contributed by atoms with E-state index in [1.54, 1.807) is 18.3 Å². The molecule has 3 nitrogen and oxygen atoms in total. The second-order valence-corrected chi connectivity index (χ2v) is 7.24. The normalized spacial score (nSPS) is 12.1. The van der Waals surface area contributed by atoms with Gasteiger partial charge in [-0.3, -0.25) is 0 Å². The Morgan fingerprint density at radius 3 is 2.76 bits per heavy atom. The van der Waals surface area contributed by atoms with E-state index in [0.717, 1.165) is 21.2 Å². The molecule has 1 aromatic heterocycles. The van der Waals surface area contributed by atoms with E-state index in [0.29, 0.717) is 6.54 Å². The lowest BCUT2D eigenvalue weighted by Crippen LogP contribution is -2.06. The van der Waals surface area contributed by atoms with Gasteiger partial charge in [0, 0.05) is 17.0 Å². The molecule has 0 fully saturated rings. The number of fused-ring (bicyclic) bond motifs is 1. The van der Waals surface area contributed by atoms with Crippen LogP contribution in [0.5, 0.6) is 0 Å². The minimum atomic E-state index is -2.98. The molecule has 0 aliphatic heterocycles. The first-order chi connectivity index (χ1) is 8.05. The molecule has 2 N–H and O–H groups in total. The summed E-state index contributed by atoms with van der Waals surface area (Å²) < 4.78 is 24.4. The molecule has 0 aliphatic carbocycles. The molecule has 17 heavy (non-hydrogen) atoms. The van der Waals surface area contributed by atoms with E-state index >= 15 is 0 Å². The highest BCUT2D eigenvalue weighted by molar-refractivity contribution is 7.90. The summed E-state index contributed by atoms with van der Waals surface area (Å²) in [7, 11) is -2.98. The molecule has 1 aromatic carbocycles. The number of hydrogen-bond acceptors (Lipinski definition) is 4. The van der Waals surface area contributed by atoms with E-state index in [9.17, 15) is 8.42 Å². The highest BCUT2D eigenvalue weighted by Gasteiger charge is 2.13. The average Bonchev–Trinajstić information content (AvgIpc) is 2.71. The maximum Gasteiger partial charge on any atom is 0.154 e. The van der Waals surface area contributed by atoms with E-state index in [4.69, 9.17) is 5.73 Å². The van der Waals surface area contributed by atoms with E-state index in [2.05, 4.69) is 0 Å². The quantitative estimate of drug-likeness (QED) is 0.926. The van der Waals surface area contributed by atoms with Crippen molar-refractivity contribution >= 4 is 31.3 Å². The molecule has 0 bridgehead atoms. The zero-order chi connectivity index (χ0) is 12.5. The third-order valence-corrected chi connectivity index (χ3v) is 5.41. The maximum atomic E-state index is 11.6. The highest BCUT2D eigenvalue weighted by Crippen LogP contribution is 2.28. The zero-order valence-electron chi connectivity index (χ0n) is 9.64. The number of sulfone groups is 1. The minimum Gasteiger partial charge on any atom is -0.326 e.